The van der Waals surface area contributed by atoms with Crippen LogP contribution < -0.4 is 10.6 Å². The molecule has 0 spiro atoms. The molecule has 0 aliphatic heterocycles. The van der Waals surface area contributed by atoms with Crippen LogP contribution in [-0.4, -0.2) is 33.9 Å². The van der Waals surface area contributed by atoms with Crippen molar-refractivity contribution < 1.29 is 5.11 Å². The fraction of sp³-hybridized carbons (Fsp3) is 0.500. The van der Waals surface area contributed by atoms with Crippen LogP contribution in [0.4, 0.5) is 0 Å². The maximum absolute atomic E-state index is 10.3. The number of rotatable bonds is 7. The third kappa shape index (κ3) is 4.77. The van der Waals surface area contributed by atoms with Gasteiger partial charge >= 0.3 is 0 Å². The molecule has 6 nitrogen and oxygen atoms in total. The molecule has 0 saturated carbocycles. The van der Waals surface area contributed by atoms with E-state index in [4.69, 9.17) is 4.99 Å². The van der Waals surface area contributed by atoms with Gasteiger partial charge in [-0.05, 0) is 62.3 Å². The van der Waals surface area contributed by atoms with Crippen LogP contribution in [-0.2, 0) is 25.9 Å². The molecule has 0 fully saturated rings. The first-order valence-electron chi connectivity index (χ1n) is 9.60. The number of nitrogens with one attached hydrogen (secondary N) is 2. The minimum Gasteiger partial charge on any atom is -0.508 e. The first-order chi connectivity index (χ1) is 12.8. The second kappa shape index (κ2) is 9.27. The smallest absolute Gasteiger partial charge is 0.191 e. The summed E-state index contributed by atoms with van der Waals surface area (Å²) in [6.07, 6.45) is 9.32. The van der Waals surface area contributed by atoms with E-state index in [1.54, 1.807) is 6.20 Å². The number of aromatic nitrogens is 2. The van der Waals surface area contributed by atoms with Crippen molar-refractivity contribution in [3.05, 3.63) is 47.3 Å². The van der Waals surface area contributed by atoms with Gasteiger partial charge in [-0.1, -0.05) is 6.07 Å². The van der Waals surface area contributed by atoms with E-state index in [1.807, 2.05) is 23.0 Å². The van der Waals surface area contributed by atoms with Crippen LogP contribution in [0.1, 0.15) is 42.9 Å². The fourth-order valence-electron chi connectivity index (χ4n) is 3.45. The van der Waals surface area contributed by atoms with Gasteiger partial charge in [0.25, 0.3) is 0 Å². The van der Waals surface area contributed by atoms with Gasteiger partial charge in [0, 0.05) is 37.6 Å². The minimum absolute atomic E-state index is 0.365. The largest absolute Gasteiger partial charge is 0.508 e. The van der Waals surface area contributed by atoms with Gasteiger partial charge in [0.2, 0.25) is 0 Å². The van der Waals surface area contributed by atoms with Gasteiger partial charge in [0.05, 0.1) is 6.54 Å². The summed E-state index contributed by atoms with van der Waals surface area (Å²) in [4.78, 5) is 4.70. The normalized spacial score (nSPS) is 14.1. The lowest BCUT2D eigenvalue weighted by Crippen LogP contribution is -2.38. The Hall–Kier alpha value is -2.50. The first kappa shape index (κ1) is 18.3. The van der Waals surface area contributed by atoms with Gasteiger partial charge in [0.15, 0.2) is 5.96 Å². The second-order valence-corrected chi connectivity index (χ2v) is 6.65. The number of hydrogen-bond donors (Lipinski definition) is 3. The van der Waals surface area contributed by atoms with Crippen molar-refractivity contribution in [3.63, 3.8) is 0 Å². The molecule has 2 aromatic rings. The van der Waals surface area contributed by atoms with Crippen molar-refractivity contribution >= 4 is 5.96 Å². The van der Waals surface area contributed by atoms with Crippen LogP contribution in [0.25, 0.3) is 0 Å². The van der Waals surface area contributed by atoms with E-state index in [9.17, 15) is 5.11 Å². The summed E-state index contributed by atoms with van der Waals surface area (Å²) in [5, 5.41) is 21.2. The van der Waals surface area contributed by atoms with Crippen LogP contribution in [0.3, 0.4) is 0 Å². The molecule has 26 heavy (non-hydrogen) atoms. The summed E-state index contributed by atoms with van der Waals surface area (Å²) in [6.45, 7) is 5.08. The lowest BCUT2D eigenvalue weighted by Gasteiger charge is -2.20. The molecule has 0 saturated heterocycles. The molecule has 0 atom stereocenters. The van der Waals surface area contributed by atoms with E-state index in [1.165, 1.54) is 24.0 Å². The molecule has 1 aliphatic carbocycles. The molecule has 6 heteroatoms. The molecule has 3 rings (SSSR count). The standard InChI is InChI=1S/C20H29N5O/c1-2-21-20(22-11-5-13-25-14-6-12-24-25)23-15-18-17-8-4-3-7-16(17)9-10-19(18)26/h6,9-10,12,14,26H,2-5,7-8,11,13,15H2,1H3,(H2,21,22,23). The molecular weight excluding hydrogens is 326 g/mol. The quantitative estimate of drug-likeness (QED) is 0.405. The molecule has 1 aromatic carbocycles. The number of aliphatic imine (C=N–C) groups is 1. The van der Waals surface area contributed by atoms with Crippen molar-refractivity contribution in [1.29, 1.82) is 0 Å². The van der Waals surface area contributed by atoms with E-state index in [0.717, 1.165) is 50.4 Å². The fourth-order valence-corrected chi connectivity index (χ4v) is 3.45. The van der Waals surface area contributed by atoms with E-state index in [0.29, 0.717) is 12.3 Å². The van der Waals surface area contributed by atoms with E-state index < -0.39 is 0 Å². The highest BCUT2D eigenvalue weighted by molar-refractivity contribution is 5.79. The lowest BCUT2D eigenvalue weighted by molar-refractivity contribution is 0.465. The number of phenolic OH excluding ortho intramolecular Hbond substituents is 1. The summed E-state index contributed by atoms with van der Waals surface area (Å²) >= 11 is 0. The van der Waals surface area contributed by atoms with Gasteiger partial charge in [-0.3, -0.25) is 4.68 Å². The number of nitrogens with zero attached hydrogens (tertiary/aromatic N) is 3. The molecule has 1 aromatic heterocycles. The van der Waals surface area contributed by atoms with Gasteiger partial charge in [0.1, 0.15) is 5.75 Å². The van der Waals surface area contributed by atoms with Crippen molar-refractivity contribution in [2.24, 2.45) is 4.99 Å². The predicted molar refractivity (Wildman–Crippen MR) is 104 cm³/mol. The van der Waals surface area contributed by atoms with Crippen molar-refractivity contribution in [1.82, 2.24) is 20.4 Å². The highest BCUT2D eigenvalue weighted by Gasteiger charge is 2.16. The maximum atomic E-state index is 10.3. The zero-order chi connectivity index (χ0) is 18.2. The Labute approximate surface area is 155 Å². The number of aryl methyl sites for hydroxylation is 2. The molecule has 140 valence electrons. The molecule has 3 N–H and O–H groups in total. The highest BCUT2D eigenvalue weighted by Crippen LogP contribution is 2.30. The lowest BCUT2D eigenvalue weighted by atomic mass is 9.88. The number of benzene rings is 1. The number of phenols is 1. The third-order valence-electron chi connectivity index (χ3n) is 4.78. The summed E-state index contributed by atoms with van der Waals surface area (Å²) in [5.41, 5.74) is 3.65. The van der Waals surface area contributed by atoms with Gasteiger partial charge in [-0.2, -0.15) is 5.10 Å². The van der Waals surface area contributed by atoms with Gasteiger partial charge in [-0.25, -0.2) is 4.99 Å². The molecule has 0 bridgehead atoms. The molecule has 1 heterocycles. The SMILES string of the molecule is CCNC(=NCc1c(O)ccc2c1CCCC2)NCCCn1cccn1. The van der Waals surface area contributed by atoms with Crippen LogP contribution >= 0.6 is 0 Å². The van der Waals surface area contributed by atoms with E-state index in [-0.39, 0.29) is 0 Å². The van der Waals surface area contributed by atoms with Gasteiger partial charge < -0.3 is 15.7 Å². The summed E-state index contributed by atoms with van der Waals surface area (Å²) in [6, 6.07) is 5.82. The van der Waals surface area contributed by atoms with E-state index in [2.05, 4.69) is 28.7 Å². The number of guanidine groups is 1. The van der Waals surface area contributed by atoms with E-state index >= 15 is 0 Å². The van der Waals surface area contributed by atoms with Crippen molar-refractivity contribution in [2.75, 3.05) is 13.1 Å². The Morgan fingerprint density at radius 1 is 1.27 bits per heavy atom. The molecular formula is C20H29N5O. The monoisotopic (exact) mass is 355 g/mol. The van der Waals surface area contributed by atoms with Gasteiger partial charge in [-0.15, -0.1) is 0 Å². The number of fused-ring (bicyclic) bond motifs is 1. The van der Waals surface area contributed by atoms with Crippen LogP contribution in [0, 0.1) is 0 Å². The number of aromatic hydroxyl groups is 1. The van der Waals surface area contributed by atoms with Crippen molar-refractivity contribution in [2.45, 2.75) is 52.1 Å². The Balaban J connectivity index is 1.60. The average Bonchev–Trinajstić information content (AvgIpc) is 3.17. The van der Waals surface area contributed by atoms with Crippen LogP contribution in [0.5, 0.6) is 5.75 Å². The zero-order valence-corrected chi connectivity index (χ0v) is 15.5. The Bertz CT molecular complexity index is 724. The van der Waals surface area contributed by atoms with Crippen LogP contribution in [0.2, 0.25) is 0 Å². The summed E-state index contributed by atoms with van der Waals surface area (Å²) in [5.74, 6) is 1.16. The Morgan fingerprint density at radius 3 is 2.96 bits per heavy atom. The van der Waals surface area contributed by atoms with Crippen LogP contribution in [0.15, 0.2) is 35.6 Å². The predicted octanol–water partition coefficient (Wildman–Crippen LogP) is 2.61. The Kier molecular flexibility index (Phi) is 6.52. The number of hydrogen-bond acceptors (Lipinski definition) is 3. The average molecular weight is 355 g/mol. The Morgan fingerprint density at radius 2 is 2.15 bits per heavy atom. The first-order valence-corrected chi connectivity index (χ1v) is 9.60. The zero-order valence-electron chi connectivity index (χ0n) is 15.5. The molecule has 0 radical (unpaired) electrons. The maximum Gasteiger partial charge on any atom is 0.191 e. The second-order valence-electron chi connectivity index (χ2n) is 6.65. The molecule has 0 unspecified atom stereocenters. The van der Waals surface area contributed by atoms with Crippen molar-refractivity contribution in [3.8, 4) is 5.75 Å². The summed E-state index contributed by atoms with van der Waals surface area (Å²) < 4.78 is 1.93. The third-order valence-corrected chi connectivity index (χ3v) is 4.78. The minimum atomic E-state index is 0.365. The molecule has 0 amide bonds. The topological polar surface area (TPSA) is 74.5 Å². The molecule has 1 aliphatic rings. The highest BCUT2D eigenvalue weighted by atomic mass is 16.3. The summed E-state index contributed by atoms with van der Waals surface area (Å²) in [7, 11) is 0.